The highest BCUT2D eigenvalue weighted by Gasteiger charge is 2.26. The van der Waals surface area contributed by atoms with Crippen molar-refractivity contribution in [3.05, 3.63) is 41.4 Å². The van der Waals surface area contributed by atoms with Gasteiger partial charge in [0, 0.05) is 6.08 Å². The molecule has 7 heteroatoms. The molecule has 0 aliphatic carbocycles. The Morgan fingerprint density at radius 2 is 1.88 bits per heavy atom. The van der Waals surface area contributed by atoms with Crippen LogP contribution in [0, 0.1) is 0 Å². The van der Waals surface area contributed by atoms with Crippen molar-refractivity contribution < 1.29 is 17.9 Å². The van der Waals surface area contributed by atoms with Crippen LogP contribution in [0.4, 0.5) is 0 Å². The van der Waals surface area contributed by atoms with Crippen molar-refractivity contribution in [3.63, 3.8) is 0 Å². The van der Waals surface area contributed by atoms with Gasteiger partial charge in [-0.25, -0.2) is 4.79 Å². The number of nitrogens with two attached hydrogens (primary N) is 1. The second-order valence-electron chi connectivity index (χ2n) is 3.20. The number of rotatable bonds is 2. The van der Waals surface area contributed by atoms with Crippen molar-refractivity contribution in [2.45, 2.75) is 0 Å². The van der Waals surface area contributed by atoms with Gasteiger partial charge in [0.1, 0.15) is 5.75 Å². The Hall–Kier alpha value is -2.15. The van der Waals surface area contributed by atoms with E-state index < -0.39 is 21.0 Å². The number of hydrogen-bond donors (Lipinski definition) is 1. The zero-order chi connectivity index (χ0) is 12.5. The molecule has 0 saturated carbocycles. The number of esters is 1. The second-order valence-corrected chi connectivity index (χ2v) is 4.80. The third kappa shape index (κ3) is 2.34. The van der Waals surface area contributed by atoms with Gasteiger partial charge in [-0.3, -0.25) is 0 Å². The summed E-state index contributed by atoms with van der Waals surface area (Å²) in [6.45, 7) is 0. The van der Waals surface area contributed by atoms with E-state index in [0.717, 1.165) is 6.08 Å². The summed E-state index contributed by atoms with van der Waals surface area (Å²) in [6.07, 6.45) is 0.973. The lowest BCUT2D eigenvalue weighted by molar-refractivity contribution is -0.126. The first-order chi connectivity index (χ1) is 7.99. The third-order valence-corrected chi connectivity index (χ3v) is 3.11. The monoisotopic (exact) mass is 252 g/mol. The zero-order valence-corrected chi connectivity index (χ0v) is 9.35. The van der Waals surface area contributed by atoms with Gasteiger partial charge in [-0.2, -0.15) is 12.8 Å². The van der Waals surface area contributed by atoms with Crippen LogP contribution in [0.1, 0.15) is 0 Å². The van der Waals surface area contributed by atoms with E-state index in [9.17, 15) is 13.2 Å². The summed E-state index contributed by atoms with van der Waals surface area (Å²) in [5, 5.41) is -0.461. The maximum atomic E-state index is 11.5. The maximum Gasteiger partial charge on any atom is 0.363 e. The van der Waals surface area contributed by atoms with E-state index in [1.54, 1.807) is 30.3 Å². The molecule has 0 fully saturated rings. The van der Waals surface area contributed by atoms with Crippen LogP contribution >= 0.6 is 0 Å². The van der Waals surface area contributed by atoms with Gasteiger partial charge in [-0.15, -0.1) is 0 Å². The molecule has 0 aromatic heterocycles. The molecule has 0 unspecified atom stereocenters. The van der Waals surface area contributed by atoms with Crippen molar-refractivity contribution in [2.75, 3.05) is 0 Å². The highest BCUT2D eigenvalue weighted by molar-refractivity contribution is 7.94. The van der Waals surface area contributed by atoms with E-state index in [0.29, 0.717) is 5.75 Å². The number of sulfonamides is 1. The number of nitrogens with zero attached hydrogens (tertiary/aromatic N) is 1. The van der Waals surface area contributed by atoms with Crippen LogP contribution in [0.2, 0.25) is 0 Å². The molecule has 0 amide bonds. The predicted molar refractivity (Wildman–Crippen MR) is 60.7 cm³/mol. The summed E-state index contributed by atoms with van der Waals surface area (Å²) < 4.78 is 30.4. The highest BCUT2D eigenvalue weighted by Crippen LogP contribution is 2.14. The lowest BCUT2D eigenvalue weighted by Gasteiger charge is -2.00. The van der Waals surface area contributed by atoms with Gasteiger partial charge in [0.2, 0.25) is 0 Å². The van der Waals surface area contributed by atoms with E-state index in [-0.39, 0.29) is 5.71 Å². The Kier molecular flexibility index (Phi) is 2.68. The van der Waals surface area contributed by atoms with Gasteiger partial charge in [0.15, 0.2) is 10.7 Å². The Bertz CT molecular complexity index is 617. The fourth-order valence-corrected chi connectivity index (χ4v) is 1.91. The molecule has 88 valence electrons. The molecule has 2 N–H and O–H groups in total. The Labute approximate surface area is 97.5 Å². The Morgan fingerprint density at radius 1 is 1.24 bits per heavy atom. The van der Waals surface area contributed by atoms with Crippen molar-refractivity contribution in [1.82, 2.24) is 0 Å². The van der Waals surface area contributed by atoms with Gasteiger partial charge in [-0.1, -0.05) is 18.2 Å². The number of para-hydroxylation sites is 1. The summed E-state index contributed by atoms with van der Waals surface area (Å²) in [5.41, 5.74) is 4.86. The van der Waals surface area contributed by atoms with Gasteiger partial charge < -0.3 is 10.5 Å². The zero-order valence-electron chi connectivity index (χ0n) is 8.53. The van der Waals surface area contributed by atoms with Crippen LogP contribution in [-0.4, -0.2) is 20.1 Å². The molecule has 0 atom stereocenters. The van der Waals surface area contributed by atoms with Gasteiger partial charge >= 0.3 is 5.97 Å². The SMILES string of the molecule is NC1=CC(C(=O)Oc2ccccc2)=NS1(=O)=O. The Balaban J connectivity index is 2.20. The smallest absolute Gasteiger partial charge is 0.363 e. The van der Waals surface area contributed by atoms with Gasteiger partial charge in [0.25, 0.3) is 10.0 Å². The van der Waals surface area contributed by atoms with Crippen molar-refractivity contribution >= 4 is 21.7 Å². The minimum Gasteiger partial charge on any atom is -0.422 e. The van der Waals surface area contributed by atoms with E-state index >= 15 is 0 Å². The number of carbonyl (C=O) groups excluding carboxylic acids is 1. The summed E-state index contributed by atoms with van der Waals surface area (Å²) in [5.74, 6) is -0.559. The summed E-state index contributed by atoms with van der Waals surface area (Å²) in [4.78, 5) is 11.5. The molecule has 1 aromatic carbocycles. The Morgan fingerprint density at radius 3 is 2.41 bits per heavy atom. The molecule has 6 nitrogen and oxygen atoms in total. The average Bonchev–Trinajstić information content (AvgIpc) is 2.55. The normalized spacial score (nSPS) is 17.2. The fraction of sp³-hybridized carbons (Fsp3) is 0. The standard InChI is InChI=1S/C10H8N2O4S/c11-9-6-8(12-17(9,14)15)10(13)16-7-4-2-1-3-5-7/h1-6H,11H2. The quantitative estimate of drug-likeness (QED) is 0.597. The lowest BCUT2D eigenvalue weighted by Crippen LogP contribution is -2.17. The second kappa shape index (κ2) is 4.02. The van der Waals surface area contributed by atoms with Crippen LogP contribution in [0.3, 0.4) is 0 Å². The van der Waals surface area contributed by atoms with Crippen molar-refractivity contribution in [3.8, 4) is 5.75 Å². The van der Waals surface area contributed by atoms with Crippen LogP contribution in [0.25, 0.3) is 0 Å². The molecule has 0 bridgehead atoms. The van der Waals surface area contributed by atoms with Gasteiger partial charge in [-0.05, 0) is 12.1 Å². The molecule has 1 aromatic rings. The number of hydrogen-bond acceptors (Lipinski definition) is 5. The average molecular weight is 252 g/mol. The van der Waals surface area contributed by atoms with Crippen molar-refractivity contribution in [2.24, 2.45) is 10.1 Å². The molecule has 0 saturated heterocycles. The molecule has 2 rings (SSSR count). The summed E-state index contributed by atoms with van der Waals surface area (Å²) in [6, 6.07) is 8.25. The molecule has 17 heavy (non-hydrogen) atoms. The first-order valence-corrected chi connectivity index (χ1v) is 6.02. The lowest BCUT2D eigenvalue weighted by atomic mass is 10.3. The fourth-order valence-electron chi connectivity index (χ4n) is 1.16. The molecular formula is C10H8N2O4S. The van der Waals surface area contributed by atoms with E-state index in [2.05, 4.69) is 4.40 Å². The van der Waals surface area contributed by atoms with Crippen molar-refractivity contribution in [1.29, 1.82) is 0 Å². The van der Waals surface area contributed by atoms with Crippen LogP contribution in [-0.2, 0) is 14.8 Å². The minimum atomic E-state index is -3.89. The number of benzene rings is 1. The summed E-state index contributed by atoms with van der Waals surface area (Å²) in [7, 11) is -3.89. The number of carbonyl (C=O) groups is 1. The topological polar surface area (TPSA) is 98.8 Å². The minimum absolute atomic E-state index is 0.302. The largest absolute Gasteiger partial charge is 0.422 e. The first kappa shape index (κ1) is 11.3. The van der Waals surface area contributed by atoms with Crippen LogP contribution in [0.5, 0.6) is 5.75 Å². The van der Waals surface area contributed by atoms with Gasteiger partial charge in [0.05, 0.1) is 0 Å². The third-order valence-electron chi connectivity index (χ3n) is 1.96. The molecule has 1 aliphatic heterocycles. The van der Waals surface area contributed by atoms with Crippen LogP contribution < -0.4 is 10.5 Å². The highest BCUT2D eigenvalue weighted by atomic mass is 32.2. The molecular weight excluding hydrogens is 244 g/mol. The molecule has 1 heterocycles. The summed E-state index contributed by atoms with van der Waals surface area (Å²) >= 11 is 0. The predicted octanol–water partition coefficient (Wildman–Crippen LogP) is 0.176. The van der Waals surface area contributed by atoms with E-state index in [1.165, 1.54) is 0 Å². The van der Waals surface area contributed by atoms with E-state index in [1.807, 2.05) is 0 Å². The molecule has 0 spiro atoms. The molecule has 1 aliphatic rings. The van der Waals surface area contributed by atoms with E-state index in [4.69, 9.17) is 10.5 Å². The first-order valence-electron chi connectivity index (χ1n) is 4.58. The molecule has 0 radical (unpaired) electrons. The maximum absolute atomic E-state index is 11.5. The number of ether oxygens (including phenoxy) is 1. The van der Waals surface area contributed by atoms with Crippen LogP contribution in [0.15, 0.2) is 45.8 Å².